The summed E-state index contributed by atoms with van der Waals surface area (Å²) >= 11 is 0. The first-order valence-corrected chi connectivity index (χ1v) is 4.41. The summed E-state index contributed by atoms with van der Waals surface area (Å²) in [5.41, 5.74) is 2.74. The number of hydrogen-bond donors (Lipinski definition) is 0. The minimum Gasteiger partial charge on any atom is -0.133 e. The lowest BCUT2D eigenvalue weighted by molar-refractivity contribution is 0.728. The fourth-order valence-electron chi connectivity index (χ4n) is 0.878. The zero-order chi connectivity index (χ0) is 8.36. The molecule has 0 amide bonds. The molecule has 11 heavy (non-hydrogen) atoms. The van der Waals surface area contributed by atoms with Gasteiger partial charge in [0.05, 0.1) is 0 Å². The van der Waals surface area contributed by atoms with Crippen LogP contribution in [-0.4, -0.2) is 0 Å². The Hall–Kier alpha value is -0.740. The van der Waals surface area contributed by atoms with Crippen molar-refractivity contribution in [1.29, 1.82) is 0 Å². The molecule has 0 heterocycles. The van der Waals surface area contributed by atoms with Crippen LogP contribution in [0.4, 0.5) is 0 Å². The highest BCUT2D eigenvalue weighted by molar-refractivity contribution is 4.90. The minimum atomic E-state index is 0.982. The van der Waals surface area contributed by atoms with E-state index < -0.39 is 0 Å². The molecule has 0 aliphatic rings. The highest BCUT2D eigenvalue weighted by Gasteiger charge is 1.79. The lowest BCUT2D eigenvalue weighted by Gasteiger charge is -1.90. The summed E-state index contributed by atoms with van der Waals surface area (Å²) in [5.74, 6) is 0. The Balaban J connectivity index is 3.09. The van der Waals surface area contributed by atoms with E-state index in [1.807, 2.05) is 6.08 Å². The lowest BCUT2D eigenvalue weighted by atomic mass is 10.2. The van der Waals surface area contributed by atoms with Crippen LogP contribution in [0.15, 0.2) is 30.5 Å². The molecule has 0 fully saturated rings. The molecule has 0 spiro atoms. The summed E-state index contributed by atoms with van der Waals surface area (Å²) in [5, 5.41) is 0. The molecular weight excluding hydrogens is 132 g/mol. The van der Waals surface area contributed by atoms with E-state index in [1.54, 1.807) is 0 Å². The van der Waals surface area contributed by atoms with E-state index in [0.717, 1.165) is 6.42 Å². The Morgan fingerprint density at radius 2 is 2.09 bits per heavy atom. The second-order valence-electron chi connectivity index (χ2n) is 2.61. The maximum atomic E-state index is 3.49. The van der Waals surface area contributed by atoms with Crippen LogP contribution in [0.25, 0.3) is 0 Å². The van der Waals surface area contributed by atoms with Gasteiger partial charge in [-0.1, -0.05) is 38.5 Å². The van der Waals surface area contributed by atoms with Gasteiger partial charge < -0.3 is 0 Å². The van der Waals surface area contributed by atoms with Gasteiger partial charge >= 0.3 is 0 Å². The van der Waals surface area contributed by atoms with Gasteiger partial charge in [-0.25, -0.2) is 0 Å². The van der Waals surface area contributed by atoms with Crippen LogP contribution in [0.2, 0.25) is 0 Å². The van der Waals surface area contributed by atoms with Crippen molar-refractivity contribution in [2.75, 3.05) is 0 Å². The van der Waals surface area contributed by atoms with Crippen LogP contribution in [0.3, 0.4) is 0 Å². The molecule has 0 heteroatoms. The van der Waals surface area contributed by atoms with Gasteiger partial charge in [0.15, 0.2) is 0 Å². The van der Waals surface area contributed by atoms with Crippen LogP contribution < -0.4 is 0 Å². The molecule has 0 radical (unpaired) electrons. The monoisotopic (exact) mass is 150 g/mol. The normalized spacial score (nSPS) is 9.91. The van der Waals surface area contributed by atoms with Crippen molar-refractivity contribution in [3.8, 4) is 0 Å². The topological polar surface area (TPSA) is 0 Å². The lowest BCUT2D eigenvalue weighted by Crippen LogP contribution is -1.70. The Morgan fingerprint density at radius 3 is 2.73 bits per heavy atom. The van der Waals surface area contributed by atoms with E-state index in [9.17, 15) is 0 Å². The van der Waals surface area contributed by atoms with Gasteiger partial charge in [0.2, 0.25) is 0 Å². The SMILES string of the molecule is C=C=CC/C=C/CCCCC. The summed E-state index contributed by atoms with van der Waals surface area (Å²) in [6.45, 7) is 5.72. The molecule has 0 unspecified atom stereocenters. The van der Waals surface area contributed by atoms with Gasteiger partial charge in [0, 0.05) is 0 Å². The average molecular weight is 150 g/mol. The van der Waals surface area contributed by atoms with Crippen LogP contribution in [0.5, 0.6) is 0 Å². The predicted octanol–water partition coefficient (Wildman–Crippen LogP) is 3.85. The zero-order valence-electron chi connectivity index (χ0n) is 7.47. The van der Waals surface area contributed by atoms with Gasteiger partial charge in [-0.2, -0.15) is 0 Å². The van der Waals surface area contributed by atoms with Gasteiger partial charge in [0.25, 0.3) is 0 Å². The summed E-state index contributed by atoms with van der Waals surface area (Å²) in [6, 6.07) is 0. The third-order valence-electron chi connectivity index (χ3n) is 1.54. The second-order valence-corrected chi connectivity index (χ2v) is 2.61. The van der Waals surface area contributed by atoms with E-state index >= 15 is 0 Å². The molecule has 0 aromatic carbocycles. The second kappa shape index (κ2) is 9.26. The number of unbranched alkanes of at least 4 members (excludes halogenated alkanes) is 3. The molecule has 62 valence electrons. The van der Waals surface area contributed by atoms with Crippen molar-refractivity contribution in [2.24, 2.45) is 0 Å². The fourth-order valence-corrected chi connectivity index (χ4v) is 0.878. The third kappa shape index (κ3) is 9.26. The smallest absolute Gasteiger partial charge is 0.00932 e. The molecular formula is C11H18. The molecule has 0 N–H and O–H groups in total. The molecule has 0 atom stereocenters. The highest BCUT2D eigenvalue weighted by Crippen LogP contribution is 1.99. The van der Waals surface area contributed by atoms with Crippen LogP contribution in [0, 0.1) is 0 Å². The number of allylic oxidation sites excluding steroid dienone is 3. The van der Waals surface area contributed by atoms with Crippen molar-refractivity contribution in [3.63, 3.8) is 0 Å². The van der Waals surface area contributed by atoms with Gasteiger partial charge in [-0.15, -0.1) is 5.73 Å². The maximum absolute atomic E-state index is 3.49. The van der Waals surface area contributed by atoms with E-state index in [4.69, 9.17) is 0 Å². The molecule has 0 aliphatic heterocycles. The van der Waals surface area contributed by atoms with E-state index in [0.29, 0.717) is 0 Å². The molecule has 0 nitrogen and oxygen atoms in total. The molecule has 0 saturated carbocycles. The summed E-state index contributed by atoms with van der Waals surface area (Å²) in [7, 11) is 0. The van der Waals surface area contributed by atoms with Crippen molar-refractivity contribution >= 4 is 0 Å². The quantitative estimate of drug-likeness (QED) is 0.306. The number of rotatable bonds is 6. The zero-order valence-corrected chi connectivity index (χ0v) is 7.47. The van der Waals surface area contributed by atoms with Crippen molar-refractivity contribution in [2.45, 2.75) is 39.0 Å². The molecule has 0 aromatic heterocycles. The standard InChI is InChI=1S/C11H18/c1-3-5-7-9-11-10-8-6-4-2/h5,9,11H,1,4,6-8,10H2,2H3/b11-9+. The van der Waals surface area contributed by atoms with E-state index in [-0.39, 0.29) is 0 Å². The van der Waals surface area contributed by atoms with Crippen molar-refractivity contribution in [1.82, 2.24) is 0 Å². The fraction of sp³-hybridized carbons (Fsp3) is 0.545. The highest BCUT2D eigenvalue weighted by atomic mass is 13.9. The molecule has 0 aromatic rings. The van der Waals surface area contributed by atoms with Gasteiger partial charge in [-0.05, 0) is 25.3 Å². The molecule has 0 rings (SSSR count). The van der Waals surface area contributed by atoms with Crippen LogP contribution >= 0.6 is 0 Å². The predicted molar refractivity (Wildman–Crippen MR) is 51.6 cm³/mol. The first-order chi connectivity index (χ1) is 5.41. The summed E-state index contributed by atoms with van der Waals surface area (Å²) in [6.07, 6.45) is 12.5. The molecule has 0 bridgehead atoms. The van der Waals surface area contributed by atoms with E-state index in [2.05, 4.69) is 31.4 Å². The Morgan fingerprint density at radius 1 is 1.27 bits per heavy atom. The van der Waals surface area contributed by atoms with Gasteiger partial charge in [0.1, 0.15) is 0 Å². The Labute approximate surface area is 70.3 Å². The van der Waals surface area contributed by atoms with Crippen molar-refractivity contribution < 1.29 is 0 Å². The molecule has 0 saturated heterocycles. The Kier molecular flexibility index (Phi) is 8.64. The van der Waals surface area contributed by atoms with Crippen molar-refractivity contribution in [3.05, 3.63) is 30.5 Å². The summed E-state index contributed by atoms with van der Waals surface area (Å²) < 4.78 is 0. The Bertz CT molecular complexity index is 136. The van der Waals surface area contributed by atoms with Crippen LogP contribution in [-0.2, 0) is 0 Å². The first-order valence-electron chi connectivity index (χ1n) is 4.41. The largest absolute Gasteiger partial charge is 0.133 e. The minimum absolute atomic E-state index is 0.982. The average Bonchev–Trinajstić information content (AvgIpc) is 2.03. The van der Waals surface area contributed by atoms with Gasteiger partial charge in [-0.3, -0.25) is 0 Å². The van der Waals surface area contributed by atoms with Crippen LogP contribution in [0.1, 0.15) is 39.0 Å². The third-order valence-corrected chi connectivity index (χ3v) is 1.54. The van der Waals surface area contributed by atoms with E-state index in [1.165, 1.54) is 25.7 Å². The maximum Gasteiger partial charge on any atom is -0.00932 e. The first kappa shape index (κ1) is 10.3. The summed E-state index contributed by atoms with van der Waals surface area (Å²) in [4.78, 5) is 0. The number of hydrogen-bond acceptors (Lipinski definition) is 0. The molecule has 0 aliphatic carbocycles.